The molecule has 0 spiro atoms. The summed E-state index contributed by atoms with van der Waals surface area (Å²) in [5.74, 6) is -0.854. The van der Waals surface area contributed by atoms with Crippen molar-refractivity contribution in [1.29, 1.82) is 0 Å². The van der Waals surface area contributed by atoms with E-state index in [0.717, 1.165) is 37.8 Å². The van der Waals surface area contributed by atoms with Gasteiger partial charge in [0.1, 0.15) is 5.75 Å². The van der Waals surface area contributed by atoms with Gasteiger partial charge in [-0.15, -0.1) is 13.2 Å². The number of amides is 1. The predicted octanol–water partition coefficient (Wildman–Crippen LogP) is 2.58. The van der Waals surface area contributed by atoms with Crippen molar-refractivity contribution < 1.29 is 22.7 Å². The molecule has 2 rings (SSSR count). The molecule has 0 aromatic heterocycles. The Balaban J connectivity index is 2.03. The van der Waals surface area contributed by atoms with E-state index in [0.29, 0.717) is 0 Å². The Morgan fingerprint density at radius 1 is 1.29 bits per heavy atom. The molecule has 0 aliphatic heterocycles. The summed E-state index contributed by atoms with van der Waals surface area (Å²) in [6.07, 6.45) is -1.15. The maximum absolute atomic E-state index is 12.2. The van der Waals surface area contributed by atoms with Crippen LogP contribution in [-0.2, 0) is 0 Å². The van der Waals surface area contributed by atoms with Crippen molar-refractivity contribution in [2.24, 2.45) is 5.73 Å². The predicted molar refractivity (Wildman–Crippen MR) is 70.8 cm³/mol. The van der Waals surface area contributed by atoms with E-state index in [9.17, 15) is 18.0 Å². The number of carbonyl (C=O) groups is 1. The van der Waals surface area contributed by atoms with E-state index >= 15 is 0 Å². The van der Waals surface area contributed by atoms with Crippen molar-refractivity contribution in [2.75, 3.05) is 0 Å². The van der Waals surface area contributed by atoms with Crippen molar-refractivity contribution in [3.05, 3.63) is 29.8 Å². The van der Waals surface area contributed by atoms with E-state index in [1.807, 2.05) is 0 Å². The van der Waals surface area contributed by atoms with Gasteiger partial charge in [-0.2, -0.15) is 0 Å². The maximum atomic E-state index is 12.2. The number of benzene rings is 1. The molecule has 116 valence electrons. The molecule has 2 atom stereocenters. The third-order valence-electron chi connectivity index (χ3n) is 3.47. The first kappa shape index (κ1) is 15.6. The summed E-state index contributed by atoms with van der Waals surface area (Å²) in [7, 11) is 0. The lowest BCUT2D eigenvalue weighted by Crippen LogP contribution is -2.49. The van der Waals surface area contributed by atoms with Gasteiger partial charge in [-0.1, -0.05) is 18.9 Å². The average Bonchev–Trinajstić information content (AvgIpc) is 2.39. The number of nitrogens with one attached hydrogen (secondary N) is 1. The summed E-state index contributed by atoms with van der Waals surface area (Å²) in [5, 5.41) is 2.77. The second kappa shape index (κ2) is 6.34. The van der Waals surface area contributed by atoms with Gasteiger partial charge in [0.25, 0.3) is 5.91 Å². The quantitative estimate of drug-likeness (QED) is 0.902. The SMILES string of the molecule is N[C@@H]1CCCC[C@H]1NC(=O)c1cccc(OC(F)(F)F)c1. The van der Waals surface area contributed by atoms with Crippen LogP contribution >= 0.6 is 0 Å². The van der Waals surface area contributed by atoms with Crippen LogP contribution in [-0.4, -0.2) is 24.4 Å². The Labute approximate surface area is 120 Å². The number of alkyl halides is 3. The molecule has 3 N–H and O–H groups in total. The topological polar surface area (TPSA) is 64.3 Å². The highest BCUT2D eigenvalue weighted by molar-refractivity contribution is 5.94. The van der Waals surface area contributed by atoms with E-state index < -0.39 is 18.0 Å². The van der Waals surface area contributed by atoms with Crippen molar-refractivity contribution in [3.63, 3.8) is 0 Å². The summed E-state index contributed by atoms with van der Waals surface area (Å²) in [4.78, 5) is 12.1. The minimum Gasteiger partial charge on any atom is -0.406 e. The average molecular weight is 302 g/mol. The molecule has 0 saturated heterocycles. The fourth-order valence-corrected chi connectivity index (χ4v) is 2.42. The van der Waals surface area contributed by atoms with Gasteiger partial charge in [-0.25, -0.2) is 0 Å². The first-order chi connectivity index (χ1) is 9.85. The molecule has 0 heterocycles. The van der Waals surface area contributed by atoms with Gasteiger partial charge in [-0.3, -0.25) is 4.79 Å². The van der Waals surface area contributed by atoms with Crippen LogP contribution in [0, 0.1) is 0 Å². The molecular weight excluding hydrogens is 285 g/mol. The van der Waals surface area contributed by atoms with Crippen LogP contribution in [0.1, 0.15) is 36.0 Å². The van der Waals surface area contributed by atoms with Crippen LogP contribution in [0.25, 0.3) is 0 Å². The number of nitrogens with two attached hydrogens (primary N) is 1. The molecule has 21 heavy (non-hydrogen) atoms. The van der Waals surface area contributed by atoms with Crippen molar-refractivity contribution in [1.82, 2.24) is 5.32 Å². The second-order valence-corrected chi connectivity index (χ2v) is 5.10. The smallest absolute Gasteiger partial charge is 0.406 e. The van der Waals surface area contributed by atoms with Crippen LogP contribution in [0.2, 0.25) is 0 Å². The molecule has 0 bridgehead atoms. The highest BCUT2D eigenvalue weighted by atomic mass is 19.4. The van der Waals surface area contributed by atoms with Crippen molar-refractivity contribution in [2.45, 2.75) is 44.1 Å². The highest BCUT2D eigenvalue weighted by Gasteiger charge is 2.31. The summed E-state index contributed by atoms with van der Waals surface area (Å²) >= 11 is 0. The van der Waals surface area contributed by atoms with Crippen LogP contribution in [0.5, 0.6) is 5.75 Å². The number of hydrogen-bond acceptors (Lipinski definition) is 3. The Morgan fingerprint density at radius 2 is 2.00 bits per heavy atom. The Bertz CT molecular complexity index is 505. The molecule has 4 nitrogen and oxygen atoms in total. The standard InChI is InChI=1S/C14H17F3N2O2/c15-14(16,17)21-10-5-3-4-9(8-10)13(20)19-12-7-2-1-6-11(12)18/h3-5,8,11-12H,1-2,6-7,18H2,(H,19,20)/t11-,12-/m1/s1. The number of halogens is 3. The van der Waals surface area contributed by atoms with E-state index in [4.69, 9.17) is 5.73 Å². The zero-order chi connectivity index (χ0) is 15.5. The van der Waals surface area contributed by atoms with E-state index in [2.05, 4.69) is 10.1 Å². The molecule has 1 saturated carbocycles. The van der Waals surface area contributed by atoms with Gasteiger partial charge in [0.15, 0.2) is 0 Å². The lowest BCUT2D eigenvalue weighted by molar-refractivity contribution is -0.274. The van der Waals surface area contributed by atoms with Crippen molar-refractivity contribution in [3.8, 4) is 5.75 Å². The largest absolute Gasteiger partial charge is 0.573 e. The fraction of sp³-hybridized carbons (Fsp3) is 0.500. The van der Waals surface area contributed by atoms with E-state index in [1.165, 1.54) is 12.1 Å². The van der Waals surface area contributed by atoms with Crippen LogP contribution in [0.3, 0.4) is 0 Å². The molecular formula is C14H17F3N2O2. The summed E-state index contributed by atoms with van der Waals surface area (Å²) in [5.41, 5.74) is 6.05. The molecule has 1 amide bonds. The van der Waals surface area contributed by atoms with Crippen LogP contribution in [0.15, 0.2) is 24.3 Å². The zero-order valence-electron chi connectivity index (χ0n) is 11.3. The normalized spacial score (nSPS) is 22.7. The summed E-state index contributed by atoms with van der Waals surface area (Å²) < 4.78 is 40.3. The van der Waals surface area contributed by atoms with E-state index in [1.54, 1.807) is 0 Å². The zero-order valence-corrected chi connectivity index (χ0v) is 11.3. The maximum Gasteiger partial charge on any atom is 0.573 e. The Morgan fingerprint density at radius 3 is 2.67 bits per heavy atom. The van der Waals surface area contributed by atoms with Gasteiger partial charge < -0.3 is 15.8 Å². The Hall–Kier alpha value is -1.76. The fourth-order valence-electron chi connectivity index (χ4n) is 2.42. The Kier molecular flexibility index (Phi) is 4.72. The number of hydrogen-bond donors (Lipinski definition) is 2. The van der Waals surface area contributed by atoms with Gasteiger partial charge in [-0.05, 0) is 31.0 Å². The molecule has 1 aliphatic rings. The van der Waals surface area contributed by atoms with Crippen LogP contribution in [0.4, 0.5) is 13.2 Å². The highest BCUT2D eigenvalue weighted by Crippen LogP contribution is 2.23. The molecule has 1 aliphatic carbocycles. The molecule has 0 radical (unpaired) electrons. The van der Waals surface area contributed by atoms with Crippen LogP contribution < -0.4 is 15.8 Å². The van der Waals surface area contributed by atoms with Gasteiger partial charge in [0, 0.05) is 17.6 Å². The van der Waals surface area contributed by atoms with Gasteiger partial charge in [0.2, 0.25) is 0 Å². The lowest BCUT2D eigenvalue weighted by Gasteiger charge is -2.29. The molecule has 0 unspecified atom stereocenters. The lowest BCUT2D eigenvalue weighted by atomic mass is 9.91. The van der Waals surface area contributed by atoms with Crippen molar-refractivity contribution >= 4 is 5.91 Å². The molecule has 1 aromatic rings. The number of rotatable bonds is 3. The van der Waals surface area contributed by atoms with E-state index in [-0.39, 0.29) is 17.6 Å². The van der Waals surface area contributed by atoms with Gasteiger partial charge >= 0.3 is 6.36 Å². The number of ether oxygens (including phenoxy) is 1. The molecule has 1 aromatic carbocycles. The summed E-state index contributed by atoms with van der Waals surface area (Å²) in [6.45, 7) is 0. The minimum atomic E-state index is -4.78. The first-order valence-electron chi connectivity index (χ1n) is 6.77. The third-order valence-corrected chi connectivity index (χ3v) is 3.47. The molecule has 7 heteroatoms. The monoisotopic (exact) mass is 302 g/mol. The summed E-state index contributed by atoms with van der Waals surface area (Å²) in [6, 6.07) is 4.74. The number of carbonyl (C=O) groups excluding carboxylic acids is 1. The first-order valence-corrected chi connectivity index (χ1v) is 6.77. The minimum absolute atomic E-state index is 0.114. The molecule has 1 fully saturated rings. The van der Waals surface area contributed by atoms with Gasteiger partial charge in [0.05, 0.1) is 0 Å². The second-order valence-electron chi connectivity index (χ2n) is 5.10. The third kappa shape index (κ3) is 4.63.